The minimum atomic E-state index is -1.25. The van der Waals surface area contributed by atoms with Crippen LogP contribution in [0.5, 0.6) is 0 Å². The van der Waals surface area contributed by atoms with Crippen molar-refractivity contribution in [2.45, 2.75) is 12.9 Å². The van der Waals surface area contributed by atoms with Gasteiger partial charge in [-0.1, -0.05) is 0 Å². The van der Waals surface area contributed by atoms with Gasteiger partial charge < -0.3 is 10.6 Å². The van der Waals surface area contributed by atoms with E-state index in [1.807, 2.05) is 0 Å². The molecule has 0 amide bonds. The molecule has 0 aromatic carbocycles. The van der Waals surface area contributed by atoms with Crippen LogP contribution in [-0.4, -0.2) is 43.9 Å². The van der Waals surface area contributed by atoms with Crippen LogP contribution < -0.4 is 0 Å². The summed E-state index contributed by atoms with van der Waals surface area (Å²) in [5.74, 6) is -1.25. The first-order valence-electron chi connectivity index (χ1n) is 1.30. The minimum absolute atomic E-state index is 0. The molecule has 1 saturated heterocycles. The van der Waals surface area contributed by atoms with Gasteiger partial charge >= 0.3 is 33.3 Å². The van der Waals surface area contributed by atoms with Crippen molar-refractivity contribution in [3.8, 4) is 0 Å². The molecule has 1 fully saturated rings. The normalized spacial score (nSPS) is 21.4. The molecule has 0 aromatic heterocycles. The second kappa shape index (κ2) is 2.92. The first-order chi connectivity index (χ1) is 2.21. The molecule has 0 saturated carbocycles. The van der Waals surface area contributed by atoms with E-state index in [9.17, 15) is 0 Å². The Morgan fingerprint density at radius 2 is 1.57 bits per heavy atom. The Hall–Kier alpha value is 0.762. The average molecular weight is 303 g/mol. The van der Waals surface area contributed by atoms with Crippen LogP contribution in [0.2, 0.25) is 0 Å². The van der Waals surface area contributed by atoms with Crippen molar-refractivity contribution in [1.29, 1.82) is 0 Å². The summed E-state index contributed by atoms with van der Waals surface area (Å²) in [5.41, 5.74) is 0. The van der Waals surface area contributed by atoms with Gasteiger partial charge in [-0.05, 0) is 0 Å². The molecule has 3 N–H and O–H groups in total. The number of rotatable bonds is 0. The molecule has 2 radical (unpaired) electrons. The summed E-state index contributed by atoms with van der Waals surface area (Å²) in [7, 11) is 0. The second-order valence-electron chi connectivity index (χ2n) is 1.06. The summed E-state index contributed by atoms with van der Waals surface area (Å²) < 4.78 is 0. The van der Waals surface area contributed by atoms with E-state index in [0.717, 1.165) is 0 Å². The van der Waals surface area contributed by atoms with Crippen LogP contribution >= 0.6 is 0 Å². The van der Waals surface area contributed by atoms with Gasteiger partial charge in [0.05, 0.1) is 0 Å². The average Bonchev–Trinajstić information content (AvgIpc) is 1.76. The zero-order chi connectivity index (χ0) is 3.91. The van der Waals surface area contributed by atoms with Gasteiger partial charge in [-0.3, -0.25) is 0 Å². The predicted molar refractivity (Wildman–Crippen MR) is 25.0 cm³/mol. The predicted octanol–water partition coefficient (Wildman–Crippen LogP) is -2.13. The molecule has 4 nitrogen and oxygen atoms in total. The van der Waals surface area contributed by atoms with Crippen LogP contribution in [-0.2, 0) is 9.78 Å². The van der Waals surface area contributed by atoms with E-state index >= 15 is 0 Å². The monoisotopic (exact) mass is 304 g/mol. The Labute approximate surface area is 60.8 Å². The van der Waals surface area contributed by atoms with E-state index in [4.69, 9.17) is 5.11 Å². The van der Waals surface area contributed by atoms with Gasteiger partial charge in [0.15, 0.2) is 0 Å². The summed E-state index contributed by atoms with van der Waals surface area (Å²) in [6.07, 6.45) is 0. The van der Waals surface area contributed by atoms with Gasteiger partial charge in [0.2, 0.25) is 0 Å². The zero-order valence-electron chi connectivity index (χ0n) is 3.97. The number of aliphatic hydroxyl groups is 1. The molecule has 5 heteroatoms. The van der Waals surface area contributed by atoms with Gasteiger partial charge in [-0.15, -0.1) is 0 Å². The maximum atomic E-state index is 8.19. The van der Waals surface area contributed by atoms with Gasteiger partial charge in [-0.2, -0.15) is 9.78 Å². The molecule has 1 aliphatic heterocycles. The molecule has 0 unspecified atom stereocenters. The molecule has 0 aliphatic carbocycles. The van der Waals surface area contributed by atoms with E-state index in [0.29, 0.717) is 0 Å². The SMILES string of the molecule is CC1(O)OO1.O.[PbH2]. The van der Waals surface area contributed by atoms with E-state index in [2.05, 4.69) is 9.78 Å². The van der Waals surface area contributed by atoms with Crippen molar-refractivity contribution in [3.63, 3.8) is 0 Å². The number of hydrogen-bond acceptors (Lipinski definition) is 3. The standard InChI is InChI=1S/C2H4O3.H2O.Pb.2H/c1-2(3)4-5-2;;;;/h3H,1H3;1H2;;;. The second-order valence-corrected chi connectivity index (χ2v) is 1.06. The van der Waals surface area contributed by atoms with E-state index < -0.39 is 5.97 Å². The van der Waals surface area contributed by atoms with Crippen molar-refractivity contribution >= 4 is 27.3 Å². The quantitative estimate of drug-likeness (QED) is 0.316. The van der Waals surface area contributed by atoms with Crippen molar-refractivity contribution in [2.75, 3.05) is 0 Å². The topological polar surface area (TPSA) is 76.8 Å². The molecular formula is C2H8O4Pb. The van der Waals surface area contributed by atoms with Crippen LogP contribution in [0.1, 0.15) is 6.92 Å². The van der Waals surface area contributed by atoms with Crippen molar-refractivity contribution in [3.05, 3.63) is 0 Å². The van der Waals surface area contributed by atoms with Crippen LogP contribution in [0.25, 0.3) is 0 Å². The van der Waals surface area contributed by atoms with Crippen LogP contribution in [0.3, 0.4) is 0 Å². The summed E-state index contributed by atoms with van der Waals surface area (Å²) in [6, 6.07) is 0. The molecule has 44 valence electrons. The maximum absolute atomic E-state index is 8.19. The van der Waals surface area contributed by atoms with Crippen molar-refractivity contribution < 1.29 is 20.4 Å². The van der Waals surface area contributed by atoms with Crippen LogP contribution in [0, 0.1) is 0 Å². The van der Waals surface area contributed by atoms with Crippen LogP contribution in [0.4, 0.5) is 0 Å². The summed E-state index contributed by atoms with van der Waals surface area (Å²) >= 11 is 0. The Morgan fingerprint density at radius 3 is 1.57 bits per heavy atom. The Morgan fingerprint density at radius 1 is 1.43 bits per heavy atom. The Bertz CT molecular complexity index is 47.7. The molecule has 1 heterocycles. The van der Waals surface area contributed by atoms with Gasteiger partial charge in [0, 0.05) is 6.92 Å². The molecular weight excluding hydrogens is 295 g/mol. The fraction of sp³-hybridized carbons (Fsp3) is 1.00. The Balaban J connectivity index is 0. The van der Waals surface area contributed by atoms with Crippen molar-refractivity contribution in [1.82, 2.24) is 0 Å². The number of hydrogen-bond donors (Lipinski definition) is 1. The third-order valence-electron chi connectivity index (χ3n) is 0.325. The fourth-order valence-corrected chi connectivity index (χ4v) is 0.0603. The molecule has 7 heavy (non-hydrogen) atoms. The van der Waals surface area contributed by atoms with Gasteiger partial charge in [0.1, 0.15) is 0 Å². The molecule has 0 atom stereocenters. The first kappa shape index (κ1) is 10.7. The Kier molecular flexibility index (Phi) is 4.47. The fourth-order valence-electron chi connectivity index (χ4n) is 0.0603. The molecule has 1 rings (SSSR count). The summed E-state index contributed by atoms with van der Waals surface area (Å²) in [6.45, 7) is 1.41. The third-order valence-corrected chi connectivity index (χ3v) is 0.325. The van der Waals surface area contributed by atoms with Crippen LogP contribution in [0.15, 0.2) is 0 Å². The first-order valence-corrected chi connectivity index (χ1v) is 1.30. The molecule has 1 aliphatic rings. The van der Waals surface area contributed by atoms with E-state index in [-0.39, 0.29) is 32.8 Å². The zero-order valence-corrected chi connectivity index (χ0v) is 9.47. The molecule has 0 spiro atoms. The summed E-state index contributed by atoms with van der Waals surface area (Å²) in [4.78, 5) is 7.90. The van der Waals surface area contributed by atoms with Gasteiger partial charge in [0.25, 0.3) is 0 Å². The van der Waals surface area contributed by atoms with E-state index in [1.165, 1.54) is 6.92 Å². The van der Waals surface area contributed by atoms with E-state index in [1.54, 1.807) is 0 Å². The van der Waals surface area contributed by atoms with Crippen molar-refractivity contribution in [2.24, 2.45) is 0 Å². The van der Waals surface area contributed by atoms with Gasteiger partial charge in [-0.25, -0.2) is 0 Å². The third kappa shape index (κ3) is 4.62. The summed E-state index contributed by atoms with van der Waals surface area (Å²) in [5, 5.41) is 8.19. The molecule has 0 bridgehead atoms. The molecule has 0 aromatic rings.